The molecule has 5 heteroatoms. The van der Waals surface area contributed by atoms with E-state index in [0.717, 1.165) is 39.1 Å². The standard InChI is InChI=1S/C15H29N3O2/c1-12(2)18-7-4-14(5-8-18)17(3)15(19)10-13-11-20-9-6-16-13/h12-14,16H,4-11H2,1-3H3. The van der Waals surface area contributed by atoms with Gasteiger partial charge in [-0.2, -0.15) is 0 Å². The summed E-state index contributed by atoms with van der Waals surface area (Å²) in [7, 11) is 1.96. The van der Waals surface area contributed by atoms with Crippen LogP contribution in [0, 0.1) is 0 Å². The molecule has 0 aliphatic carbocycles. The third-order valence-electron chi connectivity index (χ3n) is 4.59. The van der Waals surface area contributed by atoms with Crippen molar-refractivity contribution in [3.05, 3.63) is 0 Å². The smallest absolute Gasteiger partial charge is 0.224 e. The van der Waals surface area contributed by atoms with Gasteiger partial charge in [0.2, 0.25) is 5.91 Å². The van der Waals surface area contributed by atoms with E-state index in [4.69, 9.17) is 4.74 Å². The average Bonchev–Trinajstić information content (AvgIpc) is 2.47. The summed E-state index contributed by atoms with van der Waals surface area (Å²) in [4.78, 5) is 16.8. The van der Waals surface area contributed by atoms with E-state index >= 15 is 0 Å². The molecule has 0 aromatic heterocycles. The second-order valence-corrected chi connectivity index (χ2v) is 6.30. The molecule has 2 heterocycles. The summed E-state index contributed by atoms with van der Waals surface area (Å²) < 4.78 is 5.41. The SMILES string of the molecule is CC(C)N1CCC(N(C)C(=O)CC2COCCN2)CC1. The molecular formula is C15H29N3O2. The summed E-state index contributed by atoms with van der Waals surface area (Å²) in [6.45, 7) is 8.96. The first kappa shape index (κ1) is 15.7. The molecule has 0 aromatic carbocycles. The maximum atomic E-state index is 12.3. The van der Waals surface area contributed by atoms with Crippen molar-refractivity contribution in [2.24, 2.45) is 0 Å². The number of hydrogen-bond acceptors (Lipinski definition) is 4. The van der Waals surface area contributed by atoms with Crippen LogP contribution in [0.15, 0.2) is 0 Å². The first-order chi connectivity index (χ1) is 9.58. The number of piperidine rings is 1. The van der Waals surface area contributed by atoms with Gasteiger partial charge in [0.25, 0.3) is 0 Å². The molecule has 116 valence electrons. The minimum absolute atomic E-state index is 0.189. The van der Waals surface area contributed by atoms with Crippen LogP contribution < -0.4 is 5.32 Å². The lowest BCUT2D eigenvalue weighted by atomic mass is 10.0. The van der Waals surface area contributed by atoms with Crippen molar-refractivity contribution in [2.75, 3.05) is 39.9 Å². The molecule has 2 fully saturated rings. The molecule has 1 atom stereocenters. The molecule has 0 radical (unpaired) electrons. The number of ether oxygens (including phenoxy) is 1. The molecule has 2 aliphatic heterocycles. The van der Waals surface area contributed by atoms with E-state index in [-0.39, 0.29) is 11.9 Å². The molecule has 5 nitrogen and oxygen atoms in total. The summed E-state index contributed by atoms with van der Waals surface area (Å²) in [5, 5.41) is 3.35. The van der Waals surface area contributed by atoms with Gasteiger partial charge in [0, 0.05) is 51.2 Å². The predicted molar refractivity (Wildman–Crippen MR) is 79.7 cm³/mol. The number of carbonyl (C=O) groups is 1. The van der Waals surface area contributed by atoms with Crippen LogP contribution in [0.4, 0.5) is 0 Å². The Bertz CT molecular complexity index is 308. The van der Waals surface area contributed by atoms with Crippen molar-refractivity contribution in [2.45, 2.75) is 51.2 Å². The highest BCUT2D eigenvalue weighted by Gasteiger charge is 2.27. The fourth-order valence-corrected chi connectivity index (χ4v) is 3.10. The molecule has 2 rings (SSSR count). The van der Waals surface area contributed by atoms with Crippen LogP contribution in [0.25, 0.3) is 0 Å². The van der Waals surface area contributed by atoms with Gasteiger partial charge in [-0.3, -0.25) is 4.79 Å². The van der Waals surface area contributed by atoms with Crippen LogP contribution in [-0.4, -0.2) is 73.7 Å². The number of nitrogens with one attached hydrogen (secondary N) is 1. The third-order valence-corrected chi connectivity index (χ3v) is 4.59. The van der Waals surface area contributed by atoms with Gasteiger partial charge in [0.1, 0.15) is 0 Å². The third kappa shape index (κ3) is 4.17. The molecule has 0 bridgehead atoms. The van der Waals surface area contributed by atoms with Crippen molar-refractivity contribution in [3.63, 3.8) is 0 Å². The zero-order valence-corrected chi connectivity index (χ0v) is 13.1. The topological polar surface area (TPSA) is 44.8 Å². The minimum atomic E-state index is 0.189. The number of nitrogens with zero attached hydrogens (tertiary/aromatic N) is 2. The molecular weight excluding hydrogens is 254 g/mol. The molecule has 0 aromatic rings. The molecule has 1 amide bonds. The summed E-state index contributed by atoms with van der Waals surface area (Å²) in [5.74, 6) is 0.246. The first-order valence-corrected chi connectivity index (χ1v) is 7.88. The van der Waals surface area contributed by atoms with Crippen LogP contribution in [0.5, 0.6) is 0 Å². The number of rotatable bonds is 4. The van der Waals surface area contributed by atoms with E-state index in [1.165, 1.54) is 0 Å². The summed E-state index contributed by atoms with van der Waals surface area (Å²) in [6.07, 6.45) is 2.74. The summed E-state index contributed by atoms with van der Waals surface area (Å²) >= 11 is 0. The largest absolute Gasteiger partial charge is 0.378 e. The number of morpholine rings is 1. The van der Waals surface area contributed by atoms with Gasteiger partial charge >= 0.3 is 0 Å². The van der Waals surface area contributed by atoms with Crippen molar-refractivity contribution in [1.29, 1.82) is 0 Å². The molecule has 2 saturated heterocycles. The molecule has 20 heavy (non-hydrogen) atoms. The summed E-state index contributed by atoms with van der Waals surface area (Å²) in [6, 6.07) is 1.21. The monoisotopic (exact) mass is 283 g/mol. The van der Waals surface area contributed by atoms with E-state index in [2.05, 4.69) is 24.1 Å². The Morgan fingerprint density at radius 3 is 2.65 bits per heavy atom. The fraction of sp³-hybridized carbons (Fsp3) is 0.933. The van der Waals surface area contributed by atoms with Crippen LogP contribution in [0.1, 0.15) is 33.1 Å². The Kier molecular flexibility index (Phi) is 5.81. The van der Waals surface area contributed by atoms with Crippen molar-refractivity contribution < 1.29 is 9.53 Å². The zero-order valence-electron chi connectivity index (χ0n) is 13.1. The van der Waals surface area contributed by atoms with E-state index in [1.807, 2.05) is 11.9 Å². The van der Waals surface area contributed by atoms with Gasteiger partial charge in [-0.05, 0) is 26.7 Å². The maximum absolute atomic E-state index is 12.3. The quantitative estimate of drug-likeness (QED) is 0.825. The minimum Gasteiger partial charge on any atom is -0.378 e. The van der Waals surface area contributed by atoms with Crippen molar-refractivity contribution in [3.8, 4) is 0 Å². The highest BCUT2D eigenvalue weighted by Crippen LogP contribution is 2.18. The molecule has 2 aliphatic rings. The van der Waals surface area contributed by atoms with Gasteiger partial charge < -0.3 is 19.9 Å². The van der Waals surface area contributed by atoms with Gasteiger partial charge in [-0.1, -0.05) is 0 Å². The molecule has 0 spiro atoms. The molecule has 1 unspecified atom stereocenters. The van der Waals surface area contributed by atoms with Gasteiger partial charge in [-0.15, -0.1) is 0 Å². The van der Waals surface area contributed by atoms with Crippen molar-refractivity contribution >= 4 is 5.91 Å². The average molecular weight is 283 g/mol. The van der Waals surface area contributed by atoms with E-state index < -0.39 is 0 Å². The number of carbonyl (C=O) groups excluding carboxylic acids is 1. The number of likely N-dealkylation sites (tertiary alicyclic amines) is 1. The zero-order chi connectivity index (χ0) is 14.5. The Balaban J connectivity index is 1.76. The fourth-order valence-electron chi connectivity index (χ4n) is 3.10. The Labute approximate surface area is 122 Å². The lowest BCUT2D eigenvalue weighted by Gasteiger charge is -2.39. The highest BCUT2D eigenvalue weighted by molar-refractivity contribution is 5.77. The van der Waals surface area contributed by atoms with E-state index in [1.54, 1.807) is 0 Å². The second-order valence-electron chi connectivity index (χ2n) is 6.30. The first-order valence-electron chi connectivity index (χ1n) is 7.88. The maximum Gasteiger partial charge on any atom is 0.224 e. The molecule has 1 N–H and O–H groups in total. The highest BCUT2D eigenvalue weighted by atomic mass is 16.5. The van der Waals surface area contributed by atoms with E-state index in [9.17, 15) is 4.79 Å². The van der Waals surface area contributed by atoms with Gasteiger partial charge in [0.05, 0.1) is 13.2 Å². The predicted octanol–water partition coefficient (Wildman–Crippen LogP) is 0.696. The summed E-state index contributed by atoms with van der Waals surface area (Å²) in [5.41, 5.74) is 0. The van der Waals surface area contributed by atoms with Crippen LogP contribution in [0.3, 0.4) is 0 Å². The number of amides is 1. The lowest BCUT2D eigenvalue weighted by Crippen LogP contribution is -2.49. The van der Waals surface area contributed by atoms with E-state index in [0.29, 0.717) is 25.1 Å². The van der Waals surface area contributed by atoms with Crippen LogP contribution >= 0.6 is 0 Å². The van der Waals surface area contributed by atoms with Gasteiger partial charge in [0.15, 0.2) is 0 Å². The second kappa shape index (κ2) is 7.38. The lowest BCUT2D eigenvalue weighted by molar-refractivity contribution is -0.134. The van der Waals surface area contributed by atoms with Crippen molar-refractivity contribution in [1.82, 2.24) is 15.1 Å². The normalized spacial score (nSPS) is 25.9. The number of hydrogen-bond donors (Lipinski definition) is 1. The van der Waals surface area contributed by atoms with Gasteiger partial charge in [-0.25, -0.2) is 0 Å². The Hall–Kier alpha value is -0.650. The van der Waals surface area contributed by atoms with Crippen LogP contribution in [0.2, 0.25) is 0 Å². The Morgan fingerprint density at radius 2 is 2.10 bits per heavy atom. The molecule has 0 saturated carbocycles. The van der Waals surface area contributed by atoms with Crippen LogP contribution in [-0.2, 0) is 9.53 Å². The Morgan fingerprint density at radius 1 is 1.40 bits per heavy atom.